The number of carbonyl (C=O) groups excluding carboxylic acids is 1. The summed E-state index contributed by atoms with van der Waals surface area (Å²) in [7, 11) is 1.44. The number of nitrogens with two attached hydrogens (primary N) is 1. The number of benzene rings is 2. The van der Waals surface area contributed by atoms with Crippen molar-refractivity contribution in [1.29, 1.82) is 0 Å². The van der Waals surface area contributed by atoms with Gasteiger partial charge in [-0.25, -0.2) is 4.79 Å². The molecule has 0 aromatic heterocycles. The molecule has 0 unspecified atom stereocenters. The Kier molecular flexibility index (Phi) is 3.18. The highest BCUT2D eigenvalue weighted by molar-refractivity contribution is 6.06. The third-order valence-corrected chi connectivity index (χ3v) is 3.93. The number of allylic oxidation sites excluding steroid dienone is 1. The first-order valence-corrected chi connectivity index (χ1v) is 6.80. The molecule has 0 heterocycles. The van der Waals surface area contributed by atoms with Crippen molar-refractivity contribution >= 4 is 28.0 Å². The van der Waals surface area contributed by atoms with Crippen LogP contribution in [0.25, 0.3) is 16.3 Å². The maximum atomic E-state index is 11.9. The lowest BCUT2D eigenvalue weighted by atomic mass is 9.95. The Balaban J connectivity index is 2.25. The molecule has 0 saturated heterocycles. The summed E-state index contributed by atoms with van der Waals surface area (Å²) in [5, 5.41) is 2.14. The molecule has 1 aliphatic rings. The van der Waals surface area contributed by atoms with E-state index in [0.29, 0.717) is 0 Å². The van der Waals surface area contributed by atoms with Crippen LogP contribution in [0, 0.1) is 0 Å². The van der Waals surface area contributed by atoms with Gasteiger partial charge in [0.05, 0.1) is 7.11 Å². The summed E-state index contributed by atoms with van der Waals surface area (Å²) in [5.74, 6) is -0.210. The van der Waals surface area contributed by atoms with Gasteiger partial charge < -0.3 is 10.5 Å². The Labute approximate surface area is 118 Å². The van der Waals surface area contributed by atoms with E-state index >= 15 is 0 Å². The van der Waals surface area contributed by atoms with Gasteiger partial charge >= 0.3 is 5.97 Å². The molecule has 2 aromatic rings. The molecule has 0 fully saturated rings. The van der Waals surface area contributed by atoms with E-state index in [0.717, 1.165) is 52.4 Å². The van der Waals surface area contributed by atoms with Crippen LogP contribution in [-0.4, -0.2) is 13.1 Å². The SMILES string of the molecule is COC(=O)C1=C(c2ccc(N)c3ccccc23)CCC1. The predicted molar refractivity (Wildman–Crippen MR) is 81.1 cm³/mol. The van der Waals surface area contributed by atoms with Crippen LogP contribution in [0.3, 0.4) is 0 Å². The van der Waals surface area contributed by atoms with Gasteiger partial charge in [-0.15, -0.1) is 0 Å². The first kappa shape index (κ1) is 12.7. The number of esters is 1. The predicted octanol–water partition coefficient (Wildman–Crippen LogP) is 3.53. The van der Waals surface area contributed by atoms with E-state index in [9.17, 15) is 4.79 Å². The zero-order chi connectivity index (χ0) is 14.1. The highest BCUT2D eigenvalue weighted by atomic mass is 16.5. The lowest BCUT2D eigenvalue weighted by Gasteiger charge is -2.11. The van der Waals surface area contributed by atoms with Gasteiger partial charge in [0.25, 0.3) is 0 Å². The first-order chi connectivity index (χ1) is 9.72. The van der Waals surface area contributed by atoms with Crippen molar-refractivity contribution in [3.05, 3.63) is 47.5 Å². The van der Waals surface area contributed by atoms with Crippen LogP contribution < -0.4 is 5.73 Å². The number of ether oxygens (including phenoxy) is 1. The molecule has 2 aromatic carbocycles. The molecule has 0 spiro atoms. The Hall–Kier alpha value is -2.29. The minimum Gasteiger partial charge on any atom is -0.466 e. The molecule has 1 aliphatic carbocycles. The Morgan fingerprint density at radius 2 is 1.85 bits per heavy atom. The van der Waals surface area contributed by atoms with Gasteiger partial charge in [0, 0.05) is 16.6 Å². The summed E-state index contributed by atoms with van der Waals surface area (Å²) in [5.41, 5.74) is 9.82. The molecule has 0 bridgehead atoms. The molecule has 0 amide bonds. The second-order valence-electron chi connectivity index (χ2n) is 5.05. The van der Waals surface area contributed by atoms with E-state index in [1.165, 1.54) is 7.11 Å². The maximum absolute atomic E-state index is 11.9. The summed E-state index contributed by atoms with van der Waals surface area (Å²) >= 11 is 0. The fraction of sp³-hybridized carbons (Fsp3) is 0.235. The van der Waals surface area contributed by atoms with Crippen molar-refractivity contribution in [1.82, 2.24) is 0 Å². The Bertz CT molecular complexity index is 716. The van der Waals surface area contributed by atoms with Crippen LogP contribution in [0.4, 0.5) is 5.69 Å². The molecule has 2 N–H and O–H groups in total. The fourth-order valence-corrected chi connectivity index (χ4v) is 2.97. The molecule has 0 atom stereocenters. The third-order valence-electron chi connectivity index (χ3n) is 3.93. The first-order valence-electron chi connectivity index (χ1n) is 6.80. The maximum Gasteiger partial charge on any atom is 0.334 e. The van der Waals surface area contributed by atoms with Crippen LogP contribution in [-0.2, 0) is 9.53 Å². The van der Waals surface area contributed by atoms with Crippen molar-refractivity contribution in [2.24, 2.45) is 0 Å². The second-order valence-corrected chi connectivity index (χ2v) is 5.05. The summed E-state index contributed by atoms with van der Waals surface area (Å²) in [6, 6.07) is 12.0. The average Bonchev–Trinajstić information content (AvgIpc) is 2.96. The zero-order valence-corrected chi connectivity index (χ0v) is 11.5. The number of nitrogen functional groups attached to an aromatic ring is 1. The molecular formula is C17H17NO2. The van der Waals surface area contributed by atoms with Gasteiger partial charge in [-0.05, 0) is 41.9 Å². The van der Waals surface area contributed by atoms with Crippen LogP contribution in [0.1, 0.15) is 24.8 Å². The molecule has 0 saturated carbocycles. The highest BCUT2D eigenvalue weighted by Crippen LogP contribution is 2.38. The molecular weight excluding hydrogens is 250 g/mol. The fourth-order valence-electron chi connectivity index (χ4n) is 2.97. The van der Waals surface area contributed by atoms with Crippen LogP contribution in [0.2, 0.25) is 0 Å². The van der Waals surface area contributed by atoms with Crippen molar-refractivity contribution in [2.75, 3.05) is 12.8 Å². The van der Waals surface area contributed by atoms with E-state index in [2.05, 4.69) is 6.07 Å². The standard InChI is InChI=1S/C17H17NO2/c1-20-17(19)15-8-4-7-12(15)13-9-10-16(18)14-6-3-2-5-11(13)14/h2-3,5-6,9-10H,4,7-8,18H2,1H3. The van der Waals surface area contributed by atoms with Crippen molar-refractivity contribution in [3.63, 3.8) is 0 Å². The zero-order valence-electron chi connectivity index (χ0n) is 11.5. The number of hydrogen-bond acceptors (Lipinski definition) is 3. The Morgan fingerprint density at radius 1 is 1.10 bits per heavy atom. The van der Waals surface area contributed by atoms with Gasteiger partial charge in [0.1, 0.15) is 0 Å². The summed E-state index contributed by atoms with van der Waals surface area (Å²) in [6.07, 6.45) is 2.71. The van der Waals surface area contributed by atoms with Crippen LogP contribution in [0.15, 0.2) is 42.0 Å². The normalized spacial score (nSPS) is 14.8. The number of fused-ring (bicyclic) bond motifs is 1. The molecule has 102 valence electrons. The second kappa shape index (κ2) is 5.00. The average molecular weight is 267 g/mol. The van der Waals surface area contributed by atoms with Gasteiger partial charge in [-0.2, -0.15) is 0 Å². The quantitative estimate of drug-likeness (QED) is 0.669. The topological polar surface area (TPSA) is 52.3 Å². The van der Waals surface area contributed by atoms with Crippen molar-refractivity contribution in [3.8, 4) is 0 Å². The van der Waals surface area contributed by atoms with Gasteiger partial charge in [0.2, 0.25) is 0 Å². The van der Waals surface area contributed by atoms with E-state index in [4.69, 9.17) is 10.5 Å². The highest BCUT2D eigenvalue weighted by Gasteiger charge is 2.23. The molecule has 3 heteroatoms. The number of carbonyl (C=O) groups is 1. The lowest BCUT2D eigenvalue weighted by Crippen LogP contribution is -2.04. The summed E-state index contributed by atoms with van der Waals surface area (Å²) < 4.78 is 4.90. The third kappa shape index (κ3) is 1.95. The number of hydrogen-bond donors (Lipinski definition) is 1. The molecule has 0 aliphatic heterocycles. The van der Waals surface area contributed by atoms with Gasteiger partial charge in [-0.1, -0.05) is 30.3 Å². The van der Waals surface area contributed by atoms with E-state index in [1.807, 2.05) is 30.3 Å². The van der Waals surface area contributed by atoms with Crippen LogP contribution in [0.5, 0.6) is 0 Å². The lowest BCUT2D eigenvalue weighted by molar-refractivity contribution is -0.136. The van der Waals surface area contributed by atoms with Crippen molar-refractivity contribution < 1.29 is 9.53 Å². The van der Waals surface area contributed by atoms with Crippen molar-refractivity contribution in [2.45, 2.75) is 19.3 Å². The number of anilines is 1. The molecule has 3 rings (SSSR count). The van der Waals surface area contributed by atoms with Crippen LogP contribution >= 0.6 is 0 Å². The molecule has 20 heavy (non-hydrogen) atoms. The number of methoxy groups -OCH3 is 1. The number of rotatable bonds is 2. The monoisotopic (exact) mass is 267 g/mol. The Morgan fingerprint density at radius 3 is 2.60 bits per heavy atom. The van der Waals surface area contributed by atoms with E-state index in [1.54, 1.807) is 0 Å². The van der Waals surface area contributed by atoms with Gasteiger partial charge in [-0.3, -0.25) is 0 Å². The minimum atomic E-state index is -0.210. The minimum absolute atomic E-state index is 0.210. The largest absolute Gasteiger partial charge is 0.466 e. The molecule has 3 nitrogen and oxygen atoms in total. The van der Waals surface area contributed by atoms with Gasteiger partial charge in [0.15, 0.2) is 0 Å². The van der Waals surface area contributed by atoms with E-state index in [-0.39, 0.29) is 5.97 Å². The summed E-state index contributed by atoms with van der Waals surface area (Å²) in [6.45, 7) is 0. The smallest absolute Gasteiger partial charge is 0.334 e. The summed E-state index contributed by atoms with van der Waals surface area (Å²) in [4.78, 5) is 11.9. The molecule has 0 radical (unpaired) electrons. The van der Waals surface area contributed by atoms with E-state index < -0.39 is 0 Å².